The van der Waals surface area contributed by atoms with Crippen molar-refractivity contribution >= 4 is 11.9 Å². The fourth-order valence-corrected chi connectivity index (χ4v) is 2.99. The molecule has 1 aliphatic rings. The van der Waals surface area contributed by atoms with Crippen molar-refractivity contribution in [2.75, 3.05) is 60.5 Å². The van der Waals surface area contributed by atoms with Gasteiger partial charge in [0.25, 0.3) is 5.91 Å². The van der Waals surface area contributed by atoms with Crippen LogP contribution < -0.4 is 10.6 Å². The second kappa shape index (κ2) is 10.9. The van der Waals surface area contributed by atoms with Gasteiger partial charge in [0.05, 0.1) is 13.2 Å². The van der Waals surface area contributed by atoms with Crippen molar-refractivity contribution in [2.45, 2.75) is 13.5 Å². The molecule has 2 N–H and O–H groups in total. The van der Waals surface area contributed by atoms with Gasteiger partial charge in [-0.25, -0.2) is 0 Å². The number of nitrogens with zero attached hydrogens (tertiary/aromatic N) is 3. The van der Waals surface area contributed by atoms with E-state index in [-0.39, 0.29) is 5.91 Å². The number of rotatable bonds is 7. The van der Waals surface area contributed by atoms with Gasteiger partial charge >= 0.3 is 0 Å². The van der Waals surface area contributed by atoms with E-state index in [2.05, 4.69) is 27.4 Å². The molecule has 1 aliphatic heterocycles. The second-order valence-corrected chi connectivity index (χ2v) is 7.22. The lowest BCUT2D eigenvalue weighted by Crippen LogP contribution is -2.43. The summed E-state index contributed by atoms with van der Waals surface area (Å²) in [6.07, 6.45) is 0. The number of carbonyl (C=O) groups excluding carboxylic acids is 1. The molecule has 1 fully saturated rings. The van der Waals surface area contributed by atoms with Crippen molar-refractivity contribution in [1.29, 1.82) is 0 Å². The summed E-state index contributed by atoms with van der Waals surface area (Å²) >= 11 is 0. The van der Waals surface area contributed by atoms with Crippen LogP contribution in [0.15, 0.2) is 29.3 Å². The Labute approximate surface area is 162 Å². The molecule has 1 aromatic rings. The van der Waals surface area contributed by atoms with Crippen LogP contribution >= 0.6 is 0 Å². The summed E-state index contributed by atoms with van der Waals surface area (Å²) in [6.45, 7) is 8.55. The number of hydrogen-bond acceptors (Lipinski definition) is 4. The summed E-state index contributed by atoms with van der Waals surface area (Å²) in [6, 6.07) is 7.66. The van der Waals surface area contributed by atoms with Gasteiger partial charge in [-0.2, -0.15) is 0 Å². The van der Waals surface area contributed by atoms with Crippen LogP contribution in [-0.2, 0) is 11.3 Å². The van der Waals surface area contributed by atoms with Crippen molar-refractivity contribution in [3.8, 4) is 0 Å². The van der Waals surface area contributed by atoms with E-state index in [1.165, 1.54) is 0 Å². The van der Waals surface area contributed by atoms with E-state index in [0.717, 1.165) is 50.9 Å². The van der Waals surface area contributed by atoms with Gasteiger partial charge in [-0.15, -0.1) is 0 Å². The number of morpholine rings is 1. The van der Waals surface area contributed by atoms with Crippen LogP contribution in [-0.4, -0.2) is 82.2 Å². The first-order valence-corrected chi connectivity index (χ1v) is 9.54. The maximum Gasteiger partial charge on any atom is 0.253 e. The minimum Gasteiger partial charge on any atom is -0.379 e. The maximum atomic E-state index is 11.9. The standard InChI is InChI=1S/C20H33N5O2/c1-16(15-25-9-11-27-12-10-25)13-22-20(21-2)23-14-17-5-7-18(8-6-17)19(26)24(3)4/h5-8,16H,9-15H2,1-4H3,(H2,21,22,23). The first-order valence-electron chi connectivity index (χ1n) is 9.54. The third-order valence-electron chi connectivity index (χ3n) is 4.58. The van der Waals surface area contributed by atoms with Crippen LogP contribution in [0, 0.1) is 5.92 Å². The first kappa shape index (κ1) is 21.2. The molecule has 1 aromatic carbocycles. The molecule has 1 unspecified atom stereocenters. The Morgan fingerprint density at radius 2 is 1.89 bits per heavy atom. The van der Waals surface area contributed by atoms with Gasteiger partial charge in [0.1, 0.15) is 0 Å². The lowest BCUT2D eigenvalue weighted by molar-refractivity contribution is 0.0320. The van der Waals surface area contributed by atoms with Gasteiger partial charge in [-0.1, -0.05) is 19.1 Å². The molecule has 7 heteroatoms. The van der Waals surface area contributed by atoms with Crippen molar-refractivity contribution in [3.63, 3.8) is 0 Å². The van der Waals surface area contributed by atoms with Crippen molar-refractivity contribution < 1.29 is 9.53 Å². The third-order valence-corrected chi connectivity index (χ3v) is 4.58. The van der Waals surface area contributed by atoms with Crippen LogP contribution in [0.25, 0.3) is 0 Å². The Morgan fingerprint density at radius 3 is 2.48 bits per heavy atom. The van der Waals surface area contributed by atoms with E-state index in [1.54, 1.807) is 26.0 Å². The molecule has 27 heavy (non-hydrogen) atoms. The predicted molar refractivity (Wildman–Crippen MR) is 109 cm³/mol. The quantitative estimate of drug-likeness (QED) is 0.550. The Bertz CT molecular complexity index is 609. The highest BCUT2D eigenvalue weighted by Gasteiger charge is 2.14. The average molecular weight is 376 g/mol. The Morgan fingerprint density at radius 1 is 1.22 bits per heavy atom. The molecule has 1 atom stereocenters. The monoisotopic (exact) mass is 375 g/mol. The molecule has 7 nitrogen and oxygen atoms in total. The predicted octanol–water partition coefficient (Wildman–Crippen LogP) is 1.02. The van der Waals surface area contributed by atoms with Crippen molar-refractivity contribution in [3.05, 3.63) is 35.4 Å². The largest absolute Gasteiger partial charge is 0.379 e. The van der Waals surface area contributed by atoms with Crippen LogP contribution in [0.4, 0.5) is 0 Å². The molecule has 0 aliphatic carbocycles. The van der Waals surface area contributed by atoms with E-state index in [1.807, 2.05) is 24.3 Å². The van der Waals surface area contributed by atoms with Crippen LogP contribution in [0.5, 0.6) is 0 Å². The minimum absolute atomic E-state index is 0.0150. The molecular weight excluding hydrogens is 342 g/mol. The van der Waals surface area contributed by atoms with Gasteiger partial charge < -0.3 is 20.3 Å². The summed E-state index contributed by atoms with van der Waals surface area (Å²) in [5, 5.41) is 6.72. The van der Waals surface area contributed by atoms with Gasteiger partial charge in [0.15, 0.2) is 5.96 Å². The topological polar surface area (TPSA) is 69.2 Å². The number of amides is 1. The molecule has 1 amide bonds. The molecule has 0 spiro atoms. The normalized spacial score (nSPS) is 16.7. The first-order chi connectivity index (χ1) is 13.0. The maximum absolute atomic E-state index is 11.9. The average Bonchev–Trinajstić information content (AvgIpc) is 2.68. The van der Waals surface area contributed by atoms with Crippen molar-refractivity contribution in [2.24, 2.45) is 10.9 Å². The molecule has 0 aromatic heterocycles. The molecule has 1 heterocycles. The van der Waals surface area contributed by atoms with Gasteiger partial charge in [0, 0.05) is 59.4 Å². The molecule has 2 rings (SSSR count). The molecule has 0 bridgehead atoms. The second-order valence-electron chi connectivity index (χ2n) is 7.22. The van der Waals surface area contributed by atoms with E-state index in [0.29, 0.717) is 18.0 Å². The summed E-state index contributed by atoms with van der Waals surface area (Å²) in [7, 11) is 5.29. The number of aliphatic imine (C=N–C) groups is 1. The zero-order valence-electron chi connectivity index (χ0n) is 17.0. The fraction of sp³-hybridized carbons (Fsp3) is 0.600. The fourth-order valence-electron chi connectivity index (χ4n) is 2.99. The number of ether oxygens (including phenoxy) is 1. The highest BCUT2D eigenvalue weighted by atomic mass is 16.5. The van der Waals surface area contributed by atoms with Crippen LogP contribution in [0.3, 0.4) is 0 Å². The zero-order chi connectivity index (χ0) is 19.6. The SMILES string of the molecule is CN=C(NCc1ccc(C(=O)N(C)C)cc1)NCC(C)CN1CCOCC1. The lowest BCUT2D eigenvalue weighted by atomic mass is 10.1. The van der Waals surface area contributed by atoms with Crippen molar-refractivity contribution in [1.82, 2.24) is 20.4 Å². The highest BCUT2D eigenvalue weighted by molar-refractivity contribution is 5.93. The van der Waals surface area contributed by atoms with Crippen LogP contribution in [0.2, 0.25) is 0 Å². The molecule has 150 valence electrons. The third kappa shape index (κ3) is 7.19. The summed E-state index contributed by atoms with van der Waals surface area (Å²) in [5.41, 5.74) is 1.80. The number of nitrogens with one attached hydrogen (secondary N) is 2. The van der Waals surface area contributed by atoms with Gasteiger partial charge in [0.2, 0.25) is 0 Å². The summed E-state index contributed by atoms with van der Waals surface area (Å²) in [4.78, 5) is 20.2. The van der Waals surface area contributed by atoms with Crippen LogP contribution in [0.1, 0.15) is 22.8 Å². The van der Waals surface area contributed by atoms with E-state index >= 15 is 0 Å². The number of hydrogen-bond donors (Lipinski definition) is 2. The lowest BCUT2D eigenvalue weighted by Gasteiger charge is -2.29. The Kier molecular flexibility index (Phi) is 8.54. The molecular formula is C20H33N5O2. The molecule has 0 saturated carbocycles. The number of benzene rings is 1. The Hall–Kier alpha value is -2.12. The summed E-state index contributed by atoms with van der Waals surface area (Å²) in [5.74, 6) is 1.33. The van der Waals surface area contributed by atoms with E-state index in [9.17, 15) is 4.79 Å². The van der Waals surface area contributed by atoms with Gasteiger partial charge in [-0.3, -0.25) is 14.7 Å². The molecule has 0 radical (unpaired) electrons. The highest BCUT2D eigenvalue weighted by Crippen LogP contribution is 2.06. The smallest absolute Gasteiger partial charge is 0.253 e. The number of carbonyl (C=O) groups is 1. The van der Waals surface area contributed by atoms with Gasteiger partial charge in [-0.05, 0) is 23.6 Å². The number of guanidine groups is 1. The van der Waals surface area contributed by atoms with E-state index < -0.39 is 0 Å². The summed E-state index contributed by atoms with van der Waals surface area (Å²) < 4.78 is 5.40. The molecule has 1 saturated heterocycles. The van der Waals surface area contributed by atoms with E-state index in [4.69, 9.17) is 4.74 Å². The minimum atomic E-state index is 0.0150. The zero-order valence-corrected chi connectivity index (χ0v) is 17.0. The Balaban J connectivity index is 1.74.